The van der Waals surface area contributed by atoms with Gasteiger partial charge in [0.1, 0.15) is 0 Å². The van der Waals surface area contributed by atoms with E-state index < -0.39 is 14.0 Å². The highest BCUT2D eigenvalue weighted by Crippen LogP contribution is 2.37. The van der Waals surface area contributed by atoms with E-state index in [0.717, 1.165) is 5.56 Å². The van der Waals surface area contributed by atoms with Gasteiger partial charge in [-0.2, -0.15) is 0 Å². The molecule has 0 saturated heterocycles. The molecule has 23 heavy (non-hydrogen) atoms. The van der Waals surface area contributed by atoms with Crippen molar-refractivity contribution in [1.82, 2.24) is 0 Å². The minimum atomic E-state index is -3.44. The van der Waals surface area contributed by atoms with Crippen LogP contribution in [0.25, 0.3) is 0 Å². The Morgan fingerprint density at radius 2 is 1.74 bits per heavy atom. The SMILES string of the molecule is CC1C=CC=CC1(Cl)S(=O)(=O)CCc1ccc(C(C)(C)C)cc1. The predicted octanol–water partition coefficient (Wildman–Crippen LogP) is 4.64. The predicted molar refractivity (Wildman–Crippen MR) is 98.7 cm³/mol. The zero-order chi connectivity index (χ0) is 17.3. The van der Waals surface area contributed by atoms with Crippen LogP contribution in [-0.2, 0) is 21.7 Å². The Kier molecular flexibility index (Phi) is 5.12. The van der Waals surface area contributed by atoms with Crippen molar-refractivity contribution in [1.29, 1.82) is 0 Å². The van der Waals surface area contributed by atoms with Gasteiger partial charge in [0.25, 0.3) is 0 Å². The van der Waals surface area contributed by atoms with Crippen LogP contribution in [0.3, 0.4) is 0 Å². The summed E-state index contributed by atoms with van der Waals surface area (Å²) in [6.07, 6.45) is 7.46. The summed E-state index contributed by atoms with van der Waals surface area (Å²) in [5.41, 5.74) is 2.36. The van der Waals surface area contributed by atoms with Crippen molar-refractivity contribution >= 4 is 21.4 Å². The number of alkyl halides is 1. The second kappa shape index (κ2) is 6.45. The van der Waals surface area contributed by atoms with E-state index in [9.17, 15) is 8.42 Å². The van der Waals surface area contributed by atoms with Crippen LogP contribution < -0.4 is 0 Å². The number of aryl methyl sites for hydroxylation is 1. The maximum atomic E-state index is 12.7. The fourth-order valence-electron chi connectivity index (χ4n) is 2.67. The fourth-order valence-corrected chi connectivity index (χ4v) is 4.79. The fraction of sp³-hybridized carbons (Fsp3) is 0.474. The minimum absolute atomic E-state index is 0.0495. The Hall–Kier alpha value is -1.06. The van der Waals surface area contributed by atoms with Crippen molar-refractivity contribution in [3.8, 4) is 0 Å². The first-order valence-electron chi connectivity index (χ1n) is 7.93. The van der Waals surface area contributed by atoms with E-state index in [1.54, 1.807) is 12.2 Å². The van der Waals surface area contributed by atoms with Gasteiger partial charge in [-0.3, -0.25) is 0 Å². The van der Waals surface area contributed by atoms with Crippen LogP contribution in [0.1, 0.15) is 38.8 Å². The lowest BCUT2D eigenvalue weighted by atomic mass is 9.86. The quantitative estimate of drug-likeness (QED) is 0.740. The first-order valence-corrected chi connectivity index (χ1v) is 9.96. The lowest BCUT2D eigenvalue weighted by Crippen LogP contribution is -2.39. The number of rotatable bonds is 4. The van der Waals surface area contributed by atoms with Gasteiger partial charge in [-0.05, 0) is 29.0 Å². The van der Waals surface area contributed by atoms with Crippen LogP contribution in [0, 0.1) is 5.92 Å². The molecular formula is C19H25ClO2S. The van der Waals surface area contributed by atoms with Crippen molar-refractivity contribution in [2.75, 3.05) is 5.75 Å². The van der Waals surface area contributed by atoms with Gasteiger partial charge in [0, 0.05) is 5.92 Å². The third-order valence-electron chi connectivity index (χ3n) is 4.41. The number of benzene rings is 1. The van der Waals surface area contributed by atoms with E-state index in [2.05, 4.69) is 32.9 Å². The molecule has 0 saturated carbocycles. The standard InChI is InChI=1S/C19H25ClO2S/c1-15-7-5-6-13-19(15,20)23(21,22)14-12-16-8-10-17(11-9-16)18(2,3)4/h5-11,13,15H,12,14H2,1-4H3. The molecule has 1 aliphatic rings. The molecule has 2 unspecified atom stereocenters. The first kappa shape index (κ1) is 18.3. The lowest BCUT2D eigenvalue weighted by Gasteiger charge is -2.30. The highest BCUT2D eigenvalue weighted by atomic mass is 35.5. The molecule has 2 atom stereocenters. The molecule has 126 valence electrons. The molecule has 2 rings (SSSR count). The number of allylic oxidation sites excluding steroid dienone is 3. The molecule has 0 fully saturated rings. The Morgan fingerprint density at radius 1 is 1.13 bits per heavy atom. The van der Waals surface area contributed by atoms with Crippen LogP contribution in [0.4, 0.5) is 0 Å². The van der Waals surface area contributed by atoms with Gasteiger partial charge in [0.2, 0.25) is 0 Å². The number of sulfone groups is 1. The van der Waals surface area contributed by atoms with Gasteiger partial charge >= 0.3 is 0 Å². The summed E-state index contributed by atoms with van der Waals surface area (Å²) in [7, 11) is -3.44. The van der Waals surface area contributed by atoms with Gasteiger partial charge in [-0.15, -0.1) is 0 Å². The van der Waals surface area contributed by atoms with E-state index >= 15 is 0 Å². The Balaban J connectivity index is 2.11. The molecule has 0 aliphatic heterocycles. The van der Waals surface area contributed by atoms with E-state index in [0.29, 0.717) is 6.42 Å². The monoisotopic (exact) mass is 352 g/mol. The second-order valence-electron chi connectivity index (χ2n) is 7.25. The Morgan fingerprint density at radius 3 is 2.26 bits per heavy atom. The van der Waals surface area contributed by atoms with Gasteiger partial charge in [0.15, 0.2) is 14.0 Å². The molecular weight excluding hydrogens is 328 g/mol. The summed E-state index contributed by atoms with van der Waals surface area (Å²) in [6, 6.07) is 8.17. The second-order valence-corrected chi connectivity index (χ2v) is 10.4. The zero-order valence-corrected chi connectivity index (χ0v) is 15.8. The average Bonchev–Trinajstić information content (AvgIpc) is 2.48. The summed E-state index contributed by atoms with van der Waals surface area (Å²) >= 11 is 6.44. The minimum Gasteiger partial charge on any atom is -0.227 e. The van der Waals surface area contributed by atoms with Gasteiger partial charge in [0.05, 0.1) is 5.75 Å². The van der Waals surface area contributed by atoms with Crippen molar-refractivity contribution in [2.24, 2.45) is 5.92 Å². The van der Waals surface area contributed by atoms with Crippen molar-refractivity contribution in [3.63, 3.8) is 0 Å². The maximum absolute atomic E-state index is 12.7. The van der Waals surface area contributed by atoms with Crippen molar-refractivity contribution < 1.29 is 8.42 Å². The molecule has 0 radical (unpaired) electrons. The van der Waals surface area contributed by atoms with Gasteiger partial charge in [-0.25, -0.2) is 8.42 Å². The average molecular weight is 353 g/mol. The summed E-state index contributed by atoms with van der Waals surface area (Å²) in [6.45, 7) is 8.32. The highest BCUT2D eigenvalue weighted by Gasteiger charge is 2.43. The third-order valence-corrected chi connectivity index (χ3v) is 7.79. The number of hydrogen-bond acceptors (Lipinski definition) is 2. The van der Waals surface area contributed by atoms with Crippen LogP contribution in [0.15, 0.2) is 48.6 Å². The smallest absolute Gasteiger partial charge is 0.174 e. The van der Waals surface area contributed by atoms with E-state index in [4.69, 9.17) is 11.6 Å². The summed E-state index contributed by atoms with van der Waals surface area (Å²) in [5.74, 6) is -0.184. The molecule has 2 nitrogen and oxygen atoms in total. The summed E-state index contributed by atoms with van der Waals surface area (Å²) < 4.78 is 24.1. The molecule has 4 heteroatoms. The van der Waals surface area contributed by atoms with Gasteiger partial charge < -0.3 is 0 Å². The van der Waals surface area contributed by atoms with Crippen LogP contribution in [0.2, 0.25) is 0 Å². The van der Waals surface area contributed by atoms with E-state index in [1.165, 1.54) is 5.56 Å². The van der Waals surface area contributed by atoms with Crippen molar-refractivity contribution in [2.45, 2.75) is 43.7 Å². The first-order chi connectivity index (χ1) is 10.6. The molecule has 0 aromatic heterocycles. The summed E-state index contributed by atoms with van der Waals surface area (Å²) in [5, 5.41) is 0. The molecule has 1 aromatic rings. The van der Waals surface area contributed by atoms with E-state index in [1.807, 2.05) is 31.2 Å². The Bertz CT molecular complexity index is 709. The Labute approximate surface area is 145 Å². The van der Waals surface area contributed by atoms with Crippen molar-refractivity contribution in [3.05, 3.63) is 59.7 Å². The van der Waals surface area contributed by atoms with Gasteiger partial charge in [-0.1, -0.05) is 81.8 Å². The molecule has 0 bridgehead atoms. The third kappa shape index (κ3) is 3.89. The van der Waals surface area contributed by atoms with Crippen LogP contribution in [0.5, 0.6) is 0 Å². The largest absolute Gasteiger partial charge is 0.227 e. The molecule has 0 amide bonds. The lowest BCUT2D eigenvalue weighted by molar-refractivity contribution is 0.557. The molecule has 1 aliphatic carbocycles. The van der Waals surface area contributed by atoms with Crippen LogP contribution >= 0.6 is 11.6 Å². The number of hydrogen-bond donors (Lipinski definition) is 0. The molecule has 0 N–H and O–H groups in total. The topological polar surface area (TPSA) is 34.1 Å². The highest BCUT2D eigenvalue weighted by molar-refractivity contribution is 7.94. The van der Waals surface area contributed by atoms with E-state index in [-0.39, 0.29) is 17.1 Å². The van der Waals surface area contributed by atoms with Crippen LogP contribution in [-0.4, -0.2) is 18.4 Å². The normalized spacial score (nSPS) is 24.8. The zero-order valence-electron chi connectivity index (χ0n) is 14.2. The number of halogens is 1. The molecule has 0 heterocycles. The molecule has 0 spiro atoms. The summed E-state index contributed by atoms with van der Waals surface area (Å²) in [4.78, 5) is 0. The maximum Gasteiger partial charge on any atom is 0.174 e. The molecule has 1 aromatic carbocycles.